The van der Waals surface area contributed by atoms with Crippen molar-refractivity contribution >= 4 is 17.8 Å². The van der Waals surface area contributed by atoms with Crippen molar-refractivity contribution in [3.8, 4) is 6.07 Å². The molecule has 2 aliphatic heterocycles. The molecule has 0 saturated carbocycles. The minimum Gasteiger partial charge on any atom is -0.369 e. The number of rotatable bonds is 1. The Balaban J connectivity index is 0.00000114. The van der Waals surface area contributed by atoms with Gasteiger partial charge in [-0.05, 0) is 38.0 Å². The lowest BCUT2D eigenvalue weighted by molar-refractivity contribution is -0.127. The summed E-state index contributed by atoms with van der Waals surface area (Å²) in [7, 11) is 0. The molecule has 0 bridgehead atoms. The molecular weight excluding hydrogens is 346 g/mol. The van der Waals surface area contributed by atoms with E-state index < -0.39 is 23.9 Å². The van der Waals surface area contributed by atoms with E-state index in [0.717, 1.165) is 6.42 Å². The number of hydrogen-bond acceptors (Lipinski definition) is 4. The first-order valence-corrected chi connectivity index (χ1v) is 9.89. The van der Waals surface area contributed by atoms with Crippen molar-refractivity contribution in [2.24, 2.45) is 17.6 Å². The van der Waals surface area contributed by atoms with Gasteiger partial charge in [-0.25, -0.2) is 4.79 Å². The lowest BCUT2D eigenvalue weighted by Crippen LogP contribution is -2.51. The third-order valence-electron chi connectivity index (χ3n) is 4.94. The Bertz CT molecular complexity index is 560. The zero-order valence-electron chi connectivity index (χ0n) is 16.7. The van der Waals surface area contributed by atoms with E-state index in [1.54, 1.807) is 0 Å². The van der Waals surface area contributed by atoms with Crippen molar-refractivity contribution in [2.75, 3.05) is 13.1 Å². The fourth-order valence-electron chi connectivity index (χ4n) is 3.50. The average molecular weight is 380 g/mol. The van der Waals surface area contributed by atoms with Crippen molar-refractivity contribution in [1.82, 2.24) is 15.5 Å². The highest BCUT2D eigenvalue weighted by atomic mass is 16.2. The molecule has 0 aromatic heterocycles. The molecule has 4 N–H and O–H groups in total. The molecule has 8 nitrogen and oxygen atoms in total. The van der Waals surface area contributed by atoms with Gasteiger partial charge in [-0.2, -0.15) is 5.26 Å². The normalized spacial score (nSPS) is 29.3. The van der Waals surface area contributed by atoms with Crippen molar-refractivity contribution < 1.29 is 14.4 Å². The summed E-state index contributed by atoms with van der Waals surface area (Å²) < 4.78 is 0. The molecule has 8 heteroatoms. The first-order chi connectivity index (χ1) is 12.8. The van der Waals surface area contributed by atoms with Gasteiger partial charge in [-0.1, -0.05) is 27.2 Å². The van der Waals surface area contributed by atoms with E-state index in [-0.39, 0.29) is 24.3 Å². The molecule has 152 valence electrons. The van der Waals surface area contributed by atoms with Crippen LogP contribution in [0.2, 0.25) is 0 Å². The monoisotopic (exact) mass is 379 g/mol. The molecule has 0 aromatic rings. The van der Waals surface area contributed by atoms with Gasteiger partial charge in [0.2, 0.25) is 11.8 Å². The molecule has 4 amide bonds. The lowest BCUT2D eigenvalue weighted by atomic mass is 9.84. The van der Waals surface area contributed by atoms with Crippen LogP contribution in [0.1, 0.15) is 59.3 Å². The largest absolute Gasteiger partial charge is 0.369 e. The van der Waals surface area contributed by atoms with Crippen LogP contribution in [0.4, 0.5) is 4.79 Å². The topological polar surface area (TPSA) is 128 Å². The summed E-state index contributed by atoms with van der Waals surface area (Å²) in [6, 6.07) is 0.437. The van der Waals surface area contributed by atoms with Crippen molar-refractivity contribution in [1.29, 1.82) is 5.26 Å². The summed E-state index contributed by atoms with van der Waals surface area (Å²) >= 11 is 0. The molecule has 2 heterocycles. The summed E-state index contributed by atoms with van der Waals surface area (Å²) in [5.41, 5.74) is 5.49. The van der Waals surface area contributed by atoms with E-state index in [2.05, 4.69) is 24.5 Å². The molecule has 2 fully saturated rings. The molecule has 0 aliphatic carbocycles. The molecule has 2 aliphatic rings. The second-order valence-corrected chi connectivity index (χ2v) is 7.34. The Labute approximate surface area is 161 Å². The highest BCUT2D eigenvalue weighted by Gasteiger charge is 2.36. The zero-order chi connectivity index (χ0) is 20.4. The number of nitrogens with one attached hydrogen (secondary N) is 2. The zero-order valence-corrected chi connectivity index (χ0v) is 16.7. The number of carbonyl (C=O) groups excluding carboxylic acids is 3. The summed E-state index contributed by atoms with van der Waals surface area (Å²) in [4.78, 5) is 38.0. The molecule has 4 atom stereocenters. The number of primary amides is 1. The number of hydrogen-bond donors (Lipinski definition) is 3. The highest BCUT2D eigenvalue weighted by Crippen LogP contribution is 2.23. The number of urea groups is 1. The van der Waals surface area contributed by atoms with Crippen LogP contribution in [0.25, 0.3) is 0 Å². The maximum atomic E-state index is 12.5. The first kappa shape index (κ1) is 22.7. The molecule has 0 spiro atoms. The average Bonchev–Trinajstić information content (AvgIpc) is 3.11. The smallest absolute Gasteiger partial charge is 0.318 e. The van der Waals surface area contributed by atoms with Crippen LogP contribution in [0.15, 0.2) is 0 Å². The van der Waals surface area contributed by atoms with E-state index in [1.807, 2.05) is 13.0 Å². The maximum absolute atomic E-state index is 12.5. The summed E-state index contributed by atoms with van der Waals surface area (Å²) in [6.45, 7) is 7.17. The maximum Gasteiger partial charge on any atom is 0.318 e. The van der Waals surface area contributed by atoms with Crippen LogP contribution >= 0.6 is 0 Å². The third-order valence-corrected chi connectivity index (χ3v) is 4.94. The predicted octanol–water partition coefficient (Wildman–Crippen LogP) is 1.51. The van der Waals surface area contributed by atoms with E-state index in [0.29, 0.717) is 32.4 Å². The van der Waals surface area contributed by atoms with Crippen molar-refractivity contribution in [3.63, 3.8) is 0 Å². The molecule has 2 saturated heterocycles. The summed E-state index contributed by atoms with van der Waals surface area (Å²) in [5.74, 6) is -1.30. The van der Waals surface area contributed by atoms with Gasteiger partial charge in [0.25, 0.3) is 0 Å². The number of fused-ring (bicyclic) bond motifs is 1. The summed E-state index contributed by atoms with van der Waals surface area (Å²) in [6.07, 6.45) is 4.21. The first-order valence-electron chi connectivity index (χ1n) is 9.89. The Morgan fingerprint density at radius 3 is 2.56 bits per heavy atom. The SMILES string of the molecule is CCC.C[C@@H]1CCCNC(=O)N2CCCC2C(=O)NC(C#N)CC1C(N)=O. The highest BCUT2D eigenvalue weighted by molar-refractivity contribution is 5.88. The van der Waals surface area contributed by atoms with Crippen molar-refractivity contribution in [2.45, 2.75) is 71.4 Å². The van der Waals surface area contributed by atoms with Gasteiger partial charge < -0.3 is 21.3 Å². The fraction of sp³-hybridized carbons (Fsp3) is 0.789. The standard InChI is InChI=1S/C16H25N5O3.C3H8/c1-10-4-2-6-19-16(24)21-7-3-5-13(21)15(23)20-11(9-17)8-12(10)14(18)22;1-3-2/h10-13H,2-8H2,1H3,(H2,18,22)(H,19,24)(H,20,23);3H2,1-2H3/t10-,11?,12?,13?;/m1./s1. The van der Waals surface area contributed by atoms with Gasteiger partial charge in [0.1, 0.15) is 12.1 Å². The van der Waals surface area contributed by atoms with E-state index in [1.165, 1.54) is 11.3 Å². The molecule has 0 aromatic carbocycles. The lowest BCUT2D eigenvalue weighted by Gasteiger charge is -2.26. The molecule has 27 heavy (non-hydrogen) atoms. The number of amides is 4. The van der Waals surface area contributed by atoms with Gasteiger partial charge in [0.05, 0.1) is 6.07 Å². The molecule has 3 unspecified atom stereocenters. The number of nitrogens with two attached hydrogens (primary N) is 1. The molecule has 0 radical (unpaired) electrons. The van der Waals surface area contributed by atoms with Gasteiger partial charge in [0, 0.05) is 19.0 Å². The predicted molar refractivity (Wildman–Crippen MR) is 102 cm³/mol. The second-order valence-electron chi connectivity index (χ2n) is 7.34. The van der Waals surface area contributed by atoms with Crippen LogP contribution in [-0.4, -0.2) is 47.9 Å². The minimum atomic E-state index is -0.788. The van der Waals surface area contributed by atoms with Gasteiger partial charge in [-0.15, -0.1) is 0 Å². The Morgan fingerprint density at radius 1 is 1.30 bits per heavy atom. The van der Waals surface area contributed by atoms with Crippen LogP contribution in [-0.2, 0) is 9.59 Å². The fourth-order valence-corrected chi connectivity index (χ4v) is 3.50. The minimum absolute atomic E-state index is 0.0206. The number of carbonyl (C=O) groups is 3. The van der Waals surface area contributed by atoms with Crippen LogP contribution < -0.4 is 16.4 Å². The van der Waals surface area contributed by atoms with Gasteiger partial charge >= 0.3 is 6.03 Å². The summed E-state index contributed by atoms with van der Waals surface area (Å²) in [5, 5.41) is 14.8. The van der Waals surface area contributed by atoms with Crippen LogP contribution in [0.3, 0.4) is 0 Å². The van der Waals surface area contributed by atoms with Crippen LogP contribution in [0, 0.1) is 23.2 Å². The van der Waals surface area contributed by atoms with E-state index >= 15 is 0 Å². The Morgan fingerprint density at radius 2 is 1.96 bits per heavy atom. The third kappa shape index (κ3) is 6.74. The Hall–Kier alpha value is -2.30. The molecule has 2 rings (SSSR count). The van der Waals surface area contributed by atoms with Gasteiger partial charge in [-0.3, -0.25) is 9.59 Å². The Kier molecular flexibility index (Phi) is 9.62. The van der Waals surface area contributed by atoms with Crippen molar-refractivity contribution in [3.05, 3.63) is 0 Å². The van der Waals surface area contributed by atoms with Gasteiger partial charge in [0.15, 0.2) is 0 Å². The second kappa shape index (κ2) is 11.4. The van der Waals surface area contributed by atoms with E-state index in [9.17, 15) is 19.6 Å². The quantitative estimate of drug-likeness (QED) is 0.638. The van der Waals surface area contributed by atoms with Crippen LogP contribution in [0.5, 0.6) is 0 Å². The molecular formula is C19H33N5O3. The number of nitrogens with zero attached hydrogens (tertiary/aromatic N) is 2. The van der Waals surface area contributed by atoms with E-state index in [4.69, 9.17) is 5.73 Å². The number of nitriles is 1.